The van der Waals surface area contributed by atoms with E-state index in [1.54, 1.807) is 18.2 Å². The van der Waals surface area contributed by atoms with Gasteiger partial charge in [-0.15, -0.1) is 15.3 Å². The lowest BCUT2D eigenvalue weighted by Gasteiger charge is -2.13. The van der Waals surface area contributed by atoms with Gasteiger partial charge in [0, 0.05) is 27.7 Å². The number of nitrogens with two attached hydrogens (primary N) is 1. The van der Waals surface area contributed by atoms with E-state index in [0.29, 0.717) is 28.2 Å². The standard InChI is InChI=1S/C22H15F3N6/c23-22(24,25)18-11-4-3-10-17(18)21-29-28-20-16-9-2-1-8-15(16)19(30-31(20)21)27-14-7-5-6-13(26)12-14/h1-12H,26H2,(H,27,30). The number of nitrogens with zero attached hydrogens (tertiary/aromatic N) is 4. The first-order chi connectivity index (χ1) is 14.9. The Bertz CT molecular complexity index is 1420. The van der Waals surface area contributed by atoms with Gasteiger partial charge in [0.2, 0.25) is 0 Å². The molecule has 5 rings (SSSR count). The highest BCUT2D eigenvalue weighted by molar-refractivity contribution is 6.01. The SMILES string of the molecule is Nc1cccc(Nc2nn3c(-c4ccccc4C(F)(F)F)nnc3c3ccccc23)c1. The van der Waals surface area contributed by atoms with Gasteiger partial charge in [-0.25, -0.2) is 0 Å². The smallest absolute Gasteiger partial charge is 0.399 e. The Labute approximate surface area is 174 Å². The van der Waals surface area contributed by atoms with E-state index in [4.69, 9.17) is 5.73 Å². The number of nitrogens with one attached hydrogen (secondary N) is 1. The number of halogens is 3. The molecule has 31 heavy (non-hydrogen) atoms. The zero-order valence-electron chi connectivity index (χ0n) is 15.9. The van der Waals surface area contributed by atoms with Crippen molar-refractivity contribution in [3.05, 3.63) is 78.4 Å². The molecule has 0 saturated carbocycles. The molecule has 5 aromatic rings. The molecule has 2 aromatic heterocycles. The van der Waals surface area contributed by atoms with E-state index < -0.39 is 11.7 Å². The first-order valence-electron chi connectivity index (χ1n) is 9.35. The Hall–Kier alpha value is -4.14. The number of benzene rings is 3. The molecule has 154 valence electrons. The van der Waals surface area contributed by atoms with E-state index in [2.05, 4.69) is 20.6 Å². The molecule has 0 spiro atoms. The molecule has 0 fully saturated rings. The summed E-state index contributed by atoms with van der Waals surface area (Å²) < 4.78 is 42.1. The van der Waals surface area contributed by atoms with E-state index in [1.807, 2.05) is 30.3 Å². The summed E-state index contributed by atoms with van der Waals surface area (Å²) in [5.41, 5.74) is 6.59. The maximum Gasteiger partial charge on any atom is 0.417 e. The second-order valence-electron chi connectivity index (χ2n) is 6.95. The Balaban J connectivity index is 1.77. The largest absolute Gasteiger partial charge is 0.417 e. The van der Waals surface area contributed by atoms with Crippen LogP contribution in [0.15, 0.2) is 72.8 Å². The van der Waals surface area contributed by atoms with E-state index in [-0.39, 0.29) is 11.4 Å². The average Bonchev–Trinajstić information content (AvgIpc) is 3.17. The number of fused-ring (bicyclic) bond motifs is 3. The van der Waals surface area contributed by atoms with Crippen molar-refractivity contribution in [3.63, 3.8) is 0 Å². The van der Waals surface area contributed by atoms with Crippen LogP contribution in [-0.4, -0.2) is 19.8 Å². The molecule has 0 unspecified atom stereocenters. The van der Waals surface area contributed by atoms with Gasteiger partial charge in [0.05, 0.1) is 5.56 Å². The van der Waals surface area contributed by atoms with Crippen LogP contribution in [0.25, 0.3) is 27.8 Å². The number of hydrogen-bond donors (Lipinski definition) is 2. The predicted octanol–water partition coefficient (Wildman–Crippen LogP) is 5.29. The Kier molecular flexibility index (Phi) is 4.25. The molecular weight excluding hydrogens is 405 g/mol. The van der Waals surface area contributed by atoms with E-state index in [9.17, 15) is 13.2 Å². The fourth-order valence-corrected chi connectivity index (χ4v) is 3.52. The molecule has 9 heteroatoms. The van der Waals surface area contributed by atoms with Gasteiger partial charge in [0.1, 0.15) is 0 Å². The Morgan fingerprint density at radius 1 is 0.839 bits per heavy atom. The second-order valence-corrected chi connectivity index (χ2v) is 6.95. The third-order valence-electron chi connectivity index (χ3n) is 4.89. The summed E-state index contributed by atoms with van der Waals surface area (Å²) >= 11 is 0. The van der Waals surface area contributed by atoms with Crippen molar-refractivity contribution in [1.82, 2.24) is 19.8 Å². The molecule has 0 atom stereocenters. The molecule has 0 aliphatic heterocycles. The summed E-state index contributed by atoms with van der Waals surface area (Å²) in [5, 5.41) is 17.4. The predicted molar refractivity (Wildman–Crippen MR) is 113 cm³/mol. The maximum absolute atomic E-state index is 13.6. The van der Waals surface area contributed by atoms with Crippen LogP contribution in [0.3, 0.4) is 0 Å². The highest BCUT2D eigenvalue weighted by Crippen LogP contribution is 2.37. The molecule has 0 aliphatic rings. The molecule has 3 aromatic carbocycles. The van der Waals surface area contributed by atoms with Crippen molar-refractivity contribution in [2.24, 2.45) is 0 Å². The van der Waals surface area contributed by atoms with Crippen molar-refractivity contribution in [3.8, 4) is 11.4 Å². The molecule has 0 aliphatic carbocycles. The van der Waals surface area contributed by atoms with Crippen LogP contribution < -0.4 is 11.1 Å². The zero-order valence-corrected chi connectivity index (χ0v) is 15.9. The van der Waals surface area contributed by atoms with Gasteiger partial charge in [-0.3, -0.25) is 0 Å². The van der Waals surface area contributed by atoms with Gasteiger partial charge < -0.3 is 11.1 Å². The molecule has 0 saturated heterocycles. The van der Waals surface area contributed by atoms with Gasteiger partial charge >= 0.3 is 6.18 Å². The lowest BCUT2D eigenvalue weighted by molar-refractivity contribution is -0.137. The molecule has 2 heterocycles. The minimum atomic E-state index is -4.54. The van der Waals surface area contributed by atoms with Crippen molar-refractivity contribution >= 4 is 33.6 Å². The number of hydrogen-bond acceptors (Lipinski definition) is 5. The van der Waals surface area contributed by atoms with Crippen LogP contribution in [-0.2, 0) is 6.18 Å². The summed E-state index contributed by atoms with van der Waals surface area (Å²) in [6.45, 7) is 0. The molecular formula is C22H15F3N6. The lowest BCUT2D eigenvalue weighted by Crippen LogP contribution is -2.09. The number of aromatic nitrogens is 4. The average molecular weight is 420 g/mol. The van der Waals surface area contributed by atoms with Crippen LogP contribution in [0.4, 0.5) is 30.4 Å². The Morgan fingerprint density at radius 3 is 2.35 bits per heavy atom. The number of nitrogen functional groups attached to an aromatic ring is 1. The normalized spacial score (nSPS) is 11.8. The van der Waals surface area contributed by atoms with E-state index in [0.717, 1.165) is 11.5 Å². The molecule has 0 bridgehead atoms. The minimum Gasteiger partial charge on any atom is -0.399 e. The summed E-state index contributed by atoms with van der Waals surface area (Å²) in [6.07, 6.45) is -4.54. The first kappa shape index (κ1) is 18.9. The monoisotopic (exact) mass is 420 g/mol. The number of alkyl halides is 3. The van der Waals surface area contributed by atoms with E-state index >= 15 is 0 Å². The quantitative estimate of drug-likeness (QED) is 0.388. The Morgan fingerprint density at radius 2 is 1.58 bits per heavy atom. The lowest BCUT2D eigenvalue weighted by atomic mass is 10.1. The van der Waals surface area contributed by atoms with Gasteiger partial charge in [0.25, 0.3) is 0 Å². The van der Waals surface area contributed by atoms with Crippen molar-refractivity contribution in [1.29, 1.82) is 0 Å². The summed E-state index contributed by atoms with van der Waals surface area (Å²) in [6, 6.07) is 19.7. The number of rotatable bonds is 3. The topological polar surface area (TPSA) is 81.1 Å². The van der Waals surface area contributed by atoms with Gasteiger partial charge in [-0.1, -0.05) is 48.5 Å². The van der Waals surface area contributed by atoms with Gasteiger partial charge in [-0.2, -0.15) is 17.7 Å². The van der Waals surface area contributed by atoms with E-state index in [1.165, 1.54) is 22.7 Å². The van der Waals surface area contributed by atoms with Crippen molar-refractivity contribution < 1.29 is 13.2 Å². The molecule has 0 amide bonds. The second kappa shape index (κ2) is 6.98. The fourth-order valence-electron chi connectivity index (χ4n) is 3.52. The van der Waals surface area contributed by atoms with Crippen LogP contribution in [0, 0.1) is 0 Å². The highest BCUT2D eigenvalue weighted by Gasteiger charge is 2.34. The van der Waals surface area contributed by atoms with Crippen LogP contribution >= 0.6 is 0 Å². The minimum absolute atomic E-state index is 0.00398. The van der Waals surface area contributed by atoms with Crippen LogP contribution in [0.2, 0.25) is 0 Å². The first-order valence-corrected chi connectivity index (χ1v) is 9.35. The maximum atomic E-state index is 13.6. The summed E-state index contributed by atoms with van der Waals surface area (Å²) in [7, 11) is 0. The molecule has 6 nitrogen and oxygen atoms in total. The van der Waals surface area contributed by atoms with Crippen LogP contribution in [0.1, 0.15) is 5.56 Å². The number of anilines is 3. The third-order valence-corrected chi connectivity index (χ3v) is 4.89. The van der Waals surface area contributed by atoms with Crippen molar-refractivity contribution in [2.75, 3.05) is 11.1 Å². The fraction of sp³-hybridized carbons (Fsp3) is 0.0455. The molecule has 3 N–H and O–H groups in total. The van der Waals surface area contributed by atoms with Crippen molar-refractivity contribution in [2.45, 2.75) is 6.18 Å². The molecule has 0 radical (unpaired) electrons. The summed E-state index contributed by atoms with van der Waals surface area (Å²) in [4.78, 5) is 0. The van der Waals surface area contributed by atoms with Crippen LogP contribution in [0.5, 0.6) is 0 Å². The summed E-state index contributed by atoms with van der Waals surface area (Å²) in [5.74, 6) is 0.448. The van der Waals surface area contributed by atoms with Gasteiger partial charge in [0.15, 0.2) is 17.3 Å². The van der Waals surface area contributed by atoms with Gasteiger partial charge in [-0.05, 0) is 24.3 Å². The highest BCUT2D eigenvalue weighted by atomic mass is 19.4. The third kappa shape index (κ3) is 3.29. The zero-order chi connectivity index (χ0) is 21.6.